The zero-order chi connectivity index (χ0) is 16.3. The Morgan fingerprint density at radius 3 is 2.64 bits per heavy atom. The van der Waals surface area contributed by atoms with Crippen molar-refractivity contribution in [2.45, 2.75) is 12.6 Å². The molecule has 0 spiro atoms. The van der Waals surface area contributed by atoms with Gasteiger partial charge in [-0.15, -0.1) is 10.2 Å². The second kappa shape index (κ2) is 6.14. The van der Waals surface area contributed by atoms with Gasteiger partial charge < -0.3 is 14.9 Å². The van der Waals surface area contributed by atoms with Gasteiger partial charge in [0.15, 0.2) is 0 Å². The minimum absolute atomic E-state index is 0.261. The molecular weight excluding hydrogens is 303 g/mol. The third kappa shape index (κ3) is 3.42. The third-order valence-corrected chi connectivity index (χ3v) is 2.86. The molecule has 1 amide bonds. The summed E-state index contributed by atoms with van der Waals surface area (Å²) in [6, 6.07) is 4.27. The Labute approximate surface area is 123 Å². The Bertz CT molecular complexity index is 683. The van der Waals surface area contributed by atoms with Crippen LogP contribution < -0.4 is 5.73 Å². The van der Waals surface area contributed by atoms with E-state index in [1.165, 1.54) is 25.3 Å². The first-order valence-corrected chi connectivity index (χ1v) is 6.15. The average Bonchev–Trinajstić information content (AvgIpc) is 2.94. The second-order valence-electron chi connectivity index (χ2n) is 4.39. The summed E-state index contributed by atoms with van der Waals surface area (Å²) in [4.78, 5) is 11.3. The predicted octanol–water partition coefficient (Wildman–Crippen LogP) is 2.04. The van der Waals surface area contributed by atoms with Crippen molar-refractivity contribution < 1.29 is 27.1 Å². The van der Waals surface area contributed by atoms with Crippen LogP contribution in [-0.2, 0) is 17.3 Å². The van der Waals surface area contributed by atoms with Crippen LogP contribution in [0.25, 0.3) is 11.5 Å². The molecule has 118 valence electrons. The summed E-state index contributed by atoms with van der Waals surface area (Å²) < 4.78 is 46.9. The van der Waals surface area contributed by atoms with Crippen molar-refractivity contribution >= 4 is 5.91 Å². The molecule has 22 heavy (non-hydrogen) atoms. The summed E-state index contributed by atoms with van der Waals surface area (Å²) in [6.07, 6.45) is -4.35. The Morgan fingerprint density at radius 1 is 1.36 bits per heavy atom. The van der Waals surface area contributed by atoms with Crippen molar-refractivity contribution in [1.82, 2.24) is 10.2 Å². The van der Waals surface area contributed by atoms with Crippen LogP contribution in [0.4, 0.5) is 13.2 Å². The highest BCUT2D eigenvalue weighted by atomic mass is 19.4. The van der Waals surface area contributed by atoms with Gasteiger partial charge in [0.25, 0.3) is 0 Å². The third-order valence-electron chi connectivity index (χ3n) is 2.86. The lowest BCUT2D eigenvalue weighted by molar-refractivity contribution is -0.156. The van der Waals surface area contributed by atoms with Gasteiger partial charge in [-0.3, -0.25) is 4.79 Å². The van der Waals surface area contributed by atoms with Gasteiger partial charge in [0, 0.05) is 18.2 Å². The van der Waals surface area contributed by atoms with E-state index in [0.717, 1.165) is 0 Å². The molecule has 1 heterocycles. The Kier molecular flexibility index (Phi) is 4.45. The molecule has 0 saturated heterocycles. The normalized spacial score (nSPS) is 11.6. The number of amides is 1. The number of rotatable bonds is 5. The number of ether oxygens (including phenoxy) is 1. The number of alkyl halides is 3. The summed E-state index contributed by atoms with van der Waals surface area (Å²) in [5.74, 6) is -2.36. The summed E-state index contributed by atoms with van der Waals surface area (Å²) >= 11 is 0. The summed E-state index contributed by atoms with van der Waals surface area (Å²) in [5.41, 5.74) is 6.31. The average molecular weight is 315 g/mol. The number of nitrogens with zero attached hydrogens (tertiary/aromatic N) is 2. The molecule has 0 unspecified atom stereocenters. The van der Waals surface area contributed by atoms with Gasteiger partial charge in [-0.2, -0.15) is 13.2 Å². The monoisotopic (exact) mass is 315 g/mol. The highest BCUT2D eigenvalue weighted by molar-refractivity contribution is 5.94. The van der Waals surface area contributed by atoms with Crippen LogP contribution in [0.1, 0.15) is 21.8 Å². The van der Waals surface area contributed by atoms with Crippen LogP contribution >= 0.6 is 0 Å². The Morgan fingerprint density at radius 2 is 2.09 bits per heavy atom. The van der Waals surface area contributed by atoms with E-state index in [2.05, 4.69) is 14.6 Å². The molecular formula is C13H12F3N3O3. The smallest absolute Gasteiger partial charge is 0.413 e. The van der Waals surface area contributed by atoms with Crippen LogP contribution in [0, 0.1) is 0 Å². The number of carbonyl (C=O) groups excluding carboxylic acids is 1. The van der Waals surface area contributed by atoms with E-state index in [0.29, 0.717) is 18.6 Å². The van der Waals surface area contributed by atoms with E-state index in [1.54, 1.807) is 0 Å². The van der Waals surface area contributed by atoms with E-state index >= 15 is 0 Å². The van der Waals surface area contributed by atoms with Gasteiger partial charge in [-0.05, 0) is 30.2 Å². The Balaban J connectivity index is 2.39. The SMILES string of the molecule is COCCc1cc(-c2nnc(C(F)(F)F)o2)ccc1C(N)=O. The molecule has 1 aromatic heterocycles. The number of aromatic nitrogens is 2. The van der Waals surface area contributed by atoms with Crippen LogP contribution in [0.3, 0.4) is 0 Å². The lowest BCUT2D eigenvalue weighted by Crippen LogP contribution is -2.14. The van der Waals surface area contributed by atoms with E-state index in [4.69, 9.17) is 10.5 Å². The number of halogens is 3. The molecule has 9 heteroatoms. The first-order chi connectivity index (χ1) is 10.3. The molecule has 2 aromatic rings. The molecule has 0 aliphatic rings. The number of nitrogens with two attached hydrogens (primary N) is 1. The molecule has 0 saturated carbocycles. The fourth-order valence-electron chi connectivity index (χ4n) is 1.84. The number of hydrogen-bond donors (Lipinski definition) is 1. The van der Waals surface area contributed by atoms with Crippen molar-refractivity contribution in [3.63, 3.8) is 0 Å². The fourth-order valence-corrected chi connectivity index (χ4v) is 1.84. The molecule has 1 aromatic carbocycles. The number of hydrogen-bond acceptors (Lipinski definition) is 5. The lowest BCUT2D eigenvalue weighted by Gasteiger charge is -2.07. The zero-order valence-electron chi connectivity index (χ0n) is 11.5. The molecule has 0 aliphatic carbocycles. The van der Waals surface area contributed by atoms with E-state index in [9.17, 15) is 18.0 Å². The fraction of sp³-hybridized carbons (Fsp3) is 0.308. The first-order valence-electron chi connectivity index (χ1n) is 6.15. The van der Waals surface area contributed by atoms with Crippen LogP contribution in [0.15, 0.2) is 22.6 Å². The maximum atomic E-state index is 12.5. The highest BCUT2D eigenvalue weighted by Crippen LogP contribution is 2.30. The van der Waals surface area contributed by atoms with Crippen molar-refractivity contribution in [1.29, 1.82) is 0 Å². The Hall–Kier alpha value is -2.42. The van der Waals surface area contributed by atoms with Crippen molar-refractivity contribution in [2.75, 3.05) is 13.7 Å². The minimum atomic E-state index is -4.71. The number of primary amides is 1. The van der Waals surface area contributed by atoms with Crippen LogP contribution in [-0.4, -0.2) is 29.8 Å². The summed E-state index contributed by atoms with van der Waals surface area (Å²) in [5, 5.41) is 6.32. The van der Waals surface area contributed by atoms with E-state index in [-0.39, 0.29) is 17.0 Å². The van der Waals surface area contributed by atoms with Crippen molar-refractivity contribution in [2.24, 2.45) is 5.73 Å². The number of carbonyl (C=O) groups is 1. The molecule has 0 bridgehead atoms. The minimum Gasteiger partial charge on any atom is -0.413 e. The topological polar surface area (TPSA) is 91.2 Å². The molecule has 0 aliphatic heterocycles. The molecule has 2 rings (SSSR count). The molecule has 0 radical (unpaired) electrons. The number of methoxy groups -OCH3 is 1. The molecule has 0 fully saturated rings. The largest absolute Gasteiger partial charge is 0.470 e. The van der Waals surface area contributed by atoms with Gasteiger partial charge in [-0.1, -0.05) is 0 Å². The lowest BCUT2D eigenvalue weighted by atomic mass is 10.0. The molecule has 0 atom stereocenters. The maximum Gasteiger partial charge on any atom is 0.470 e. The predicted molar refractivity (Wildman–Crippen MR) is 68.8 cm³/mol. The van der Waals surface area contributed by atoms with Crippen molar-refractivity contribution in [3.05, 3.63) is 35.2 Å². The van der Waals surface area contributed by atoms with E-state index < -0.39 is 18.0 Å². The maximum absolute atomic E-state index is 12.5. The summed E-state index contributed by atoms with van der Waals surface area (Å²) in [6.45, 7) is 0.321. The van der Waals surface area contributed by atoms with Gasteiger partial charge in [0.1, 0.15) is 0 Å². The van der Waals surface area contributed by atoms with Gasteiger partial charge in [0.05, 0.1) is 6.61 Å². The van der Waals surface area contributed by atoms with Gasteiger partial charge >= 0.3 is 12.1 Å². The highest BCUT2D eigenvalue weighted by Gasteiger charge is 2.38. The standard InChI is InChI=1S/C13H12F3N3O3/c1-21-5-4-7-6-8(2-3-9(7)10(17)20)11-18-19-12(22-11)13(14,15)16/h2-3,6H,4-5H2,1H3,(H2,17,20). The van der Waals surface area contributed by atoms with E-state index in [1.807, 2.05) is 0 Å². The second-order valence-corrected chi connectivity index (χ2v) is 4.39. The first kappa shape index (κ1) is 16.0. The summed E-state index contributed by atoms with van der Waals surface area (Å²) in [7, 11) is 1.49. The molecule has 2 N–H and O–H groups in total. The zero-order valence-corrected chi connectivity index (χ0v) is 11.5. The van der Waals surface area contributed by atoms with Gasteiger partial charge in [0.2, 0.25) is 11.8 Å². The molecule has 6 nitrogen and oxygen atoms in total. The van der Waals surface area contributed by atoms with Crippen molar-refractivity contribution in [3.8, 4) is 11.5 Å². The van der Waals surface area contributed by atoms with Crippen LogP contribution in [0.5, 0.6) is 0 Å². The van der Waals surface area contributed by atoms with Crippen LogP contribution in [0.2, 0.25) is 0 Å². The number of benzene rings is 1. The van der Waals surface area contributed by atoms with Gasteiger partial charge in [-0.25, -0.2) is 0 Å². The quantitative estimate of drug-likeness (QED) is 0.911.